The molecule has 3 aromatic rings. The summed E-state index contributed by atoms with van der Waals surface area (Å²) in [5.74, 6) is -0.714. The maximum Gasteiger partial charge on any atom is 0.254 e. The molecule has 3 rings (SSSR count). The van der Waals surface area contributed by atoms with Gasteiger partial charge >= 0.3 is 0 Å². The number of rotatable bonds is 9. The monoisotopic (exact) mass is 462 g/mol. The maximum atomic E-state index is 14.0. The van der Waals surface area contributed by atoms with Gasteiger partial charge in [0.15, 0.2) is 11.6 Å². The number of benzene rings is 2. The highest BCUT2D eigenvalue weighted by Crippen LogP contribution is 2.20. The molecule has 164 valence electrons. The Labute approximate surface area is 185 Å². The minimum absolute atomic E-state index is 0.0152. The number of sulfonamides is 1. The number of carbonyl (C=O) groups excluding carboxylic acids is 1. The molecule has 0 saturated carbocycles. The van der Waals surface area contributed by atoms with E-state index in [1.54, 1.807) is 19.1 Å². The van der Waals surface area contributed by atoms with Gasteiger partial charge in [-0.3, -0.25) is 4.79 Å². The molecule has 0 spiro atoms. The third-order valence-corrected chi connectivity index (χ3v) is 6.94. The van der Waals surface area contributed by atoms with Crippen LogP contribution >= 0.6 is 11.3 Å². The number of methoxy groups -OCH3 is 1. The molecule has 2 aromatic carbocycles. The molecule has 0 bridgehead atoms. The van der Waals surface area contributed by atoms with E-state index in [2.05, 4.69) is 4.72 Å². The summed E-state index contributed by atoms with van der Waals surface area (Å²) >= 11 is 1.46. The minimum atomic E-state index is -3.77. The molecule has 31 heavy (non-hydrogen) atoms. The van der Waals surface area contributed by atoms with Crippen LogP contribution in [-0.4, -0.2) is 32.9 Å². The van der Waals surface area contributed by atoms with Crippen molar-refractivity contribution in [2.75, 3.05) is 13.7 Å². The van der Waals surface area contributed by atoms with Crippen molar-refractivity contribution in [3.05, 3.63) is 81.8 Å². The predicted octanol–water partition coefficient (Wildman–Crippen LogP) is 4.04. The van der Waals surface area contributed by atoms with Crippen LogP contribution < -0.4 is 9.46 Å². The van der Waals surface area contributed by atoms with Gasteiger partial charge in [0.25, 0.3) is 5.91 Å². The third kappa shape index (κ3) is 5.69. The first-order valence-corrected chi connectivity index (χ1v) is 11.9. The van der Waals surface area contributed by atoms with E-state index in [4.69, 9.17) is 4.74 Å². The Kier molecular flexibility index (Phi) is 7.42. The Morgan fingerprint density at radius 2 is 1.97 bits per heavy atom. The van der Waals surface area contributed by atoms with E-state index in [-0.39, 0.29) is 35.2 Å². The van der Waals surface area contributed by atoms with Crippen molar-refractivity contribution in [1.82, 2.24) is 9.62 Å². The summed E-state index contributed by atoms with van der Waals surface area (Å²) in [6, 6.07) is 14.1. The first kappa shape index (κ1) is 22.9. The number of hydrogen-bond donors (Lipinski definition) is 1. The Balaban J connectivity index is 1.76. The van der Waals surface area contributed by atoms with Crippen molar-refractivity contribution in [3.8, 4) is 5.75 Å². The van der Waals surface area contributed by atoms with Crippen molar-refractivity contribution in [3.63, 3.8) is 0 Å². The number of carbonyl (C=O) groups is 1. The average Bonchev–Trinajstić information content (AvgIpc) is 3.30. The molecular weight excluding hydrogens is 439 g/mol. The van der Waals surface area contributed by atoms with E-state index in [9.17, 15) is 17.6 Å². The number of halogens is 1. The normalized spacial score (nSPS) is 11.3. The molecule has 1 heterocycles. The van der Waals surface area contributed by atoms with Gasteiger partial charge in [0, 0.05) is 30.1 Å². The second kappa shape index (κ2) is 10.0. The SMILES string of the molecule is CCN(Cc1ccc(OC)c(F)c1)C(=O)c1cccc(S(=O)(=O)NCc2cccs2)c1. The molecule has 0 unspecified atom stereocenters. The van der Waals surface area contributed by atoms with E-state index >= 15 is 0 Å². The van der Waals surface area contributed by atoms with Crippen LogP contribution in [0.4, 0.5) is 4.39 Å². The van der Waals surface area contributed by atoms with Gasteiger partial charge in [-0.05, 0) is 54.3 Å². The first-order valence-electron chi connectivity index (χ1n) is 9.58. The van der Waals surface area contributed by atoms with Crippen LogP contribution in [0.25, 0.3) is 0 Å². The smallest absolute Gasteiger partial charge is 0.254 e. The molecular formula is C22H23FN2O4S2. The summed E-state index contributed by atoms with van der Waals surface area (Å²) in [4.78, 5) is 15.4. The highest BCUT2D eigenvalue weighted by atomic mass is 32.2. The second-order valence-corrected chi connectivity index (χ2v) is 9.52. The van der Waals surface area contributed by atoms with Gasteiger partial charge < -0.3 is 9.64 Å². The predicted molar refractivity (Wildman–Crippen MR) is 118 cm³/mol. The summed E-state index contributed by atoms with van der Waals surface area (Å²) < 4.78 is 46.7. The second-order valence-electron chi connectivity index (χ2n) is 6.72. The molecule has 6 nitrogen and oxygen atoms in total. The molecule has 1 amide bonds. The van der Waals surface area contributed by atoms with Gasteiger partial charge in [-0.15, -0.1) is 11.3 Å². The summed E-state index contributed by atoms with van der Waals surface area (Å²) in [5.41, 5.74) is 0.852. The van der Waals surface area contributed by atoms with Gasteiger partial charge in [0.1, 0.15) is 0 Å². The van der Waals surface area contributed by atoms with E-state index in [1.807, 2.05) is 17.5 Å². The standard InChI is InChI=1S/C22H23FN2O4S2/c1-3-25(15-16-9-10-21(29-2)20(23)12-16)22(26)17-6-4-8-19(13-17)31(27,28)24-14-18-7-5-11-30-18/h4-13,24H,3,14-15H2,1-2H3. The number of thiophene rings is 1. The van der Waals surface area contributed by atoms with E-state index in [0.29, 0.717) is 12.1 Å². The summed E-state index contributed by atoms with van der Waals surface area (Å²) in [7, 11) is -2.39. The highest BCUT2D eigenvalue weighted by molar-refractivity contribution is 7.89. The summed E-state index contributed by atoms with van der Waals surface area (Å²) in [6.07, 6.45) is 0. The molecule has 1 aromatic heterocycles. The van der Waals surface area contributed by atoms with Crippen LogP contribution in [0.15, 0.2) is 64.9 Å². The average molecular weight is 463 g/mol. The van der Waals surface area contributed by atoms with Gasteiger partial charge in [0.05, 0.1) is 12.0 Å². The molecule has 0 radical (unpaired) electrons. The molecule has 9 heteroatoms. The maximum absolute atomic E-state index is 14.0. The minimum Gasteiger partial charge on any atom is -0.494 e. The van der Waals surface area contributed by atoms with Crippen LogP contribution in [0.2, 0.25) is 0 Å². The zero-order valence-electron chi connectivity index (χ0n) is 17.2. The van der Waals surface area contributed by atoms with Gasteiger partial charge in [0.2, 0.25) is 10.0 Å². The largest absolute Gasteiger partial charge is 0.494 e. The molecule has 0 saturated heterocycles. The lowest BCUT2D eigenvalue weighted by Gasteiger charge is -2.21. The van der Waals surface area contributed by atoms with Crippen LogP contribution in [0.5, 0.6) is 5.75 Å². The number of hydrogen-bond acceptors (Lipinski definition) is 5. The fraction of sp³-hybridized carbons (Fsp3) is 0.227. The van der Waals surface area contributed by atoms with E-state index in [1.165, 1.54) is 53.7 Å². The van der Waals surface area contributed by atoms with Crippen molar-refractivity contribution < 1.29 is 22.3 Å². The fourth-order valence-electron chi connectivity index (χ4n) is 3.00. The lowest BCUT2D eigenvalue weighted by molar-refractivity contribution is 0.0752. The Morgan fingerprint density at radius 1 is 1.16 bits per heavy atom. The quantitative estimate of drug-likeness (QED) is 0.521. The van der Waals surface area contributed by atoms with Gasteiger partial charge in [-0.25, -0.2) is 17.5 Å². The van der Waals surface area contributed by atoms with Gasteiger partial charge in [-0.2, -0.15) is 0 Å². The molecule has 0 aliphatic rings. The van der Waals surface area contributed by atoms with E-state index in [0.717, 1.165) is 4.88 Å². The Bertz CT molecular complexity index is 1150. The lowest BCUT2D eigenvalue weighted by atomic mass is 10.1. The highest BCUT2D eigenvalue weighted by Gasteiger charge is 2.20. The van der Waals surface area contributed by atoms with Crippen LogP contribution in [0.1, 0.15) is 27.7 Å². The van der Waals surface area contributed by atoms with Crippen molar-refractivity contribution >= 4 is 27.3 Å². The fourth-order valence-corrected chi connectivity index (χ4v) is 4.79. The zero-order chi connectivity index (χ0) is 22.4. The number of ether oxygens (including phenoxy) is 1. The molecule has 0 aliphatic heterocycles. The van der Waals surface area contributed by atoms with Crippen molar-refractivity contribution in [2.45, 2.75) is 24.9 Å². The van der Waals surface area contributed by atoms with Crippen LogP contribution in [-0.2, 0) is 23.1 Å². The van der Waals surface area contributed by atoms with Crippen LogP contribution in [0.3, 0.4) is 0 Å². The molecule has 0 fully saturated rings. The summed E-state index contributed by atoms with van der Waals surface area (Å²) in [6.45, 7) is 2.55. The number of nitrogens with zero attached hydrogens (tertiary/aromatic N) is 1. The molecule has 0 atom stereocenters. The zero-order valence-corrected chi connectivity index (χ0v) is 18.8. The Morgan fingerprint density at radius 3 is 2.61 bits per heavy atom. The van der Waals surface area contributed by atoms with Crippen molar-refractivity contribution in [2.24, 2.45) is 0 Å². The molecule has 1 N–H and O–H groups in total. The number of nitrogens with one attached hydrogen (secondary N) is 1. The summed E-state index contributed by atoms with van der Waals surface area (Å²) in [5, 5.41) is 1.87. The van der Waals surface area contributed by atoms with Crippen LogP contribution in [0, 0.1) is 5.82 Å². The van der Waals surface area contributed by atoms with Crippen molar-refractivity contribution in [1.29, 1.82) is 0 Å². The van der Waals surface area contributed by atoms with Gasteiger partial charge in [-0.1, -0.05) is 18.2 Å². The Hall–Kier alpha value is -2.75. The molecule has 0 aliphatic carbocycles. The number of amides is 1. The third-order valence-electron chi connectivity index (χ3n) is 4.67. The first-order chi connectivity index (χ1) is 14.8. The van der Waals surface area contributed by atoms with E-state index < -0.39 is 15.8 Å². The topological polar surface area (TPSA) is 75.7 Å². The lowest BCUT2D eigenvalue weighted by Crippen LogP contribution is -2.30.